The van der Waals surface area contributed by atoms with Gasteiger partial charge >= 0.3 is 0 Å². The van der Waals surface area contributed by atoms with E-state index in [0.29, 0.717) is 0 Å². The lowest BCUT2D eigenvalue weighted by atomic mass is 10.4. The van der Waals surface area contributed by atoms with E-state index in [1.807, 2.05) is 0 Å². The maximum absolute atomic E-state index is 11.5. The smallest absolute Gasteiger partial charge is 0.261 e. The van der Waals surface area contributed by atoms with Gasteiger partial charge in [0.25, 0.3) is 6.43 Å². The van der Waals surface area contributed by atoms with Gasteiger partial charge in [0.15, 0.2) is 0 Å². The number of amides is 1. The zero-order valence-electron chi connectivity index (χ0n) is 7.06. The van der Waals surface area contributed by atoms with Crippen LogP contribution in [0.25, 0.3) is 0 Å². The minimum absolute atomic E-state index is 0.0956. The fourth-order valence-electron chi connectivity index (χ4n) is 0.609. The average molecular weight is 216 g/mol. The molecule has 6 heteroatoms. The fraction of sp³-hybridized carbons (Fsp3) is 0.857. The van der Waals surface area contributed by atoms with E-state index < -0.39 is 13.0 Å². The van der Waals surface area contributed by atoms with Crippen molar-refractivity contribution in [2.24, 2.45) is 0 Å². The summed E-state index contributed by atoms with van der Waals surface area (Å²) in [6, 6.07) is 0. The lowest BCUT2D eigenvalue weighted by molar-refractivity contribution is -0.121. The van der Waals surface area contributed by atoms with Gasteiger partial charge in [0, 0.05) is 18.8 Å². The van der Waals surface area contributed by atoms with E-state index >= 15 is 0 Å². The maximum atomic E-state index is 11.5. The van der Waals surface area contributed by atoms with Gasteiger partial charge < -0.3 is 10.1 Å². The van der Waals surface area contributed by atoms with Gasteiger partial charge in [-0.3, -0.25) is 4.79 Å². The molecule has 0 saturated carbocycles. The number of carbonyl (C=O) groups excluding carboxylic acids is 1. The molecule has 0 aromatic heterocycles. The third-order valence-corrected chi connectivity index (χ3v) is 1.32. The Bertz CT molecular complexity index is 146. The van der Waals surface area contributed by atoms with Crippen molar-refractivity contribution in [3.8, 4) is 0 Å². The minimum Gasteiger partial charge on any atom is -0.374 e. The summed E-state index contributed by atoms with van der Waals surface area (Å²) in [5.41, 5.74) is 0. The molecule has 0 rings (SSSR count). The summed E-state index contributed by atoms with van der Waals surface area (Å²) in [6.45, 7) is -0.258. The highest BCUT2D eigenvalue weighted by Gasteiger charge is 2.02. The van der Waals surface area contributed by atoms with Crippen LogP contribution in [-0.4, -0.2) is 38.0 Å². The Hall–Kier alpha value is -0.420. The van der Waals surface area contributed by atoms with E-state index in [1.54, 1.807) is 0 Å². The molecule has 0 aliphatic carbocycles. The van der Waals surface area contributed by atoms with Crippen LogP contribution >= 0.6 is 11.6 Å². The van der Waals surface area contributed by atoms with Gasteiger partial charge in [0.1, 0.15) is 6.61 Å². The zero-order valence-corrected chi connectivity index (χ0v) is 7.82. The van der Waals surface area contributed by atoms with Crippen molar-refractivity contribution < 1.29 is 18.3 Å². The quantitative estimate of drug-likeness (QED) is 0.509. The molecular formula is C7H12ClF2NO2. The second kappa shape index (κ2) is 8.19. The third kappa shape index (κ3) is 9.49. The summed E-state index contributed by atoms with van der Waals surface area (Å²) in [7, 11) is 0. The molecule has 0 bridgehead atoms. The van der Waals surface area contributed by atoms with Crippen LogP contribution in [0.15, 0.2) is 0 Å². The van der Waals surface area contributed by atoms with Crippen molar-refractivity contribution in [1.29, 1.82) is 0 Å². The van der Waals surface area contributed by atoms with Crippen molar-refractivity contribution in [2.45, 2.75) is 12.8 Å². The van der Waals surface area contributed by atoms with E-state index in [2.05, 4.69) is 10.1 Å². The Kier molecular flexibility index (Phi) is 7.93. The first kappa shape index (κ1) is 12.6. The highest BCUT2D eigenvalue weighted by Crippen LogP contribution is 1.91. The molecule has 0 saturated heterocycles. The third-order valence-electron chi connectivity index (χ3n) is 1.13. The van der Waals surface area contributed by atoms with Crippen molar-refractivity contribution in [1.82, 2.24) is 5.32 Å². The van der Waals surface area contributed by atoms with Crippen LogP contribution in [0.3, 0.4) is 0 Å². The lowest BCUT2D eigenvalue weighted by Crippen LogP contribution is -2.27. The second-order valence-corrected chi connectivity index (χ2v) is 2.63. The van der Waals surface area contributed by atoms with Crippen LogP contribution in [0.5, 0.6) is 0 Å². The number of hydrogen-bond acceptors (Lipinski definition) is 2. The summed E-state index contributed by atoms with van der Waals surface area (Å²) < 4.78 is 27.5. The standard InChI is InChI=1S/C7H12ClF2NO2/c8-2-1-7(12)11-3-4-13-5-6(9)10/h6H,1-5H2,(H,11,12). The Morgan fingerprint density at radius 1 is 1.54 bits per heavy atom. The summed E-state index contributed by atoms with van der Waals surface area (Å²) in [5, 5.41) is 2.46. The molecule has 0 fully saturated rings. The van der Waals surface area contributed by atoms with Crippen molar-refractivity contribution >= 4 is 17.5 Å². The molecule has 3 nitrogen and oxygen atoms in total. The first-order valence-corrected chi connectivity index (χ1v) is 4.39. The van der Waals surface area contributed by atoms with Crippen LogP contribution in [0.2, 0.25) is 0 Å². The van der Waals surface area contributed by atoms with Crippen LogP contribution in [0, 0.1) is 0 Å². The van der Waals surface area contributed by atoms with Gasteiger partial charge in [-0.15, -0.1) is 11.6 Å². The van der Waals surface area contributed by atoms with Crippen LogP contribution in [0.1, 0.15) is 6.42 Å². The number of nitrogens with one attached hydrogen (secondary N) is 1. The first-order valence-electron chi connectivity index (χ1n) is 3.85. The van der Waals surface area contributed by atoms with Gasteiger partial charge in [-0.1, -0.05) is 0 Å². The number of carbonyl (C=O) groups is 1. The molecule has 78 valence electrons. The molecule has 1 N–H and O–H groups in total. The van der Waals surface area contributed by atoms with Gasteiger partial charge in [-0.25, -0.2) is 8.78 Å². The molecule has 1 amide bonds. The Morgan fingerprint density at radius 3 is 2.77 bits per heavy atom. The number of rotatable bonds is 7. The van der Waals surface area contributed by atoms with E-state index in [-0.39, 0.29) is 31.4 Å². The molecule has 0 radical (unpaired) electrons. The van der Waals surface area contributed by atoms with Gasteiger partial charge in [0.05, 0.1) is 6.61 Å². The molecule has 0 heterocycles. The van der Waals surface area contributed by atoms with Crippen molar-refractivity contribution in [3.63, 3.8) is 0 Å². The van der Waals surface area contributed by atoms with Crippen molar-refractivity contribution in [3.05, 3.63) is 0 Å². The minimum atomic E-state index is -2.46. The number of ether oxygens (including phenoxy) is 1. The van der Waals surface area contributed by atoms with E-state index in [0.717, 1.165) is 0 Å². The van der Waals surface area contributed by atoms with Crippen molar-refractivity contribution in [2.75, 3.05) is 25.6 Å². The predicted molar refractivity (Wildman–Crippen MR) is 45.2 cm³/mol. The van der Waals surface area contributed by atoms with E-state index in [9.17, 15) is 13.6 Å². The fourth-order valence-corrected chi connectivity index (χ4v) is 0.781. The highest BCUT2D eigenvalue weighted by atomic mass is 35.5. The molecule has 0 atom stereocenters. The Morgan fingerprint density at radius 2 is 2.23 bits per heavy atom. The SMILES string of the molecule is O=C(CCCl)NCCOCC(F)F. The number of halogens is 3. The summed E-state index contributed by atoms with van der Waals surface area (Å²) in [6.07, 6.45) is -2.23. The largest absolute Gasteiger partial charge is 0.374 e. The summed E-state index contributed by atoms with van der Waals surface area (Å²) in [4.78, 5) is 10.7. The number of alkyl halides is 3. The van der Waals surface area contributed by atoms with Crippen LogP contribution < -0.4 is 5.32 Å². The molecule has 0 aliphatic rings. The molecule has 0 unspecified atom stereocenters. The Balaban J connectivity index is 3.11. The van der Waals surface area contributed by atoms with Crippen LogP contribution in [-0.2, 0) is 9.53 Å². The van der Waals surface area contributed by atoms with Crippen LogP contribution in [0.4, 0.5) is 8.78 Å². The average Bonchev–Trinajstić information content (AvgIpc) is 2.03. The molecule has 0 aromatic carbocycles. The topological polar surface area (TPSA) is 38.3 Å². The lowest BCUT2D eigenvalue weighted by Gasteiger charge is -2.04. The zero-order chi connectivity index (χ0) is 10.1. The first-order chi connectivity index (χ1) is 6.16. The van der Waals surface area contributed by atoms with Gasteiger partial charge in [-0.05, 0) is 0 Å². The summed E-state index contributed by atoms with van der Waals surface area (Å²) in [5.74, 6) is 0.0552. The number of hydrogen-bond donors (Lipinski definition) is 1. The monoisotopic (exact) mass is 215 g/mol. The van der Waals surface area contributed by atoms with Gasteiger partial charge in [0.2, 0.25) is 5.91 Å². The highest BCUT2D eigenvalue weighted by molar-refractivity contribution is 6.18. The normalized spacial score (nSPS) is 10.5. The van der Waals surface area contributed by atoms with E-state index in [4.69, 9.17) is 11.6 Å². The molecule has 0 aliphatic heterocycles. The Labute approximate surface area is 80.4 Å². The maximum Gasteiger partial charge on any atom is 0.261 e. The van der Waals surface area contributed by atoms with Gasteiger partial charge in [-0.2, -0.15) is 0 Å². The molecule has 0 spiro atoms. The molecule has 0 aromatic rings. The molecule has 13 heavy (non-hydrogen) atoms. The molecular weight excluding hydrogens is 204 g/mol. The predicted octanol–water partition coefficient (Wildman–Crippen LogP) is 1.01. The summed E-state index contributed by atoms with van der Waals surface area (Å²) >= 11 is 5.29. The second-order valence-electron chi connectivity index (χ2n) is 2.25. The van der Waals surface area contributed by atoms with E-state index in [1.165, 1.54) is 0 Å².